The third-order valence-corrected chi connectivity index (χ3v) is 4.83. The van der Waals surface area contributed by atoms with Crippen molar-refractivity contribution < 1.29 is 24.3 Å². The first-order valence-electron chi connectivity index (χ1n) is 8.38. The molecular formula is C15H24N4O5S. The fraction of sp³-hybridized carbons (Fsp3) is 0.733. The van der Waals surface area contributed by atoms with Gasteiger partial charge in [-0.1, -0.05) is 0 Å². The summed E-state index contributed by atoms with van der Waals surface area (Å²) in [6, 6.07) is -1.99. The van der Waals surface area contributed by atoms with E-state index in [2.05, 4.69) is 28.6 Å². The molecular weight excluding hydrogens is 348 g/mol. The summed E-state index contributed by atoms with van der Waals surface area (Å²) in [6.45, 7) is 0.834. The van der Waals surface area contributed by atoms with Gasteiger partial charge in [0.2, 0.25) is 17.7 Å². The van der Waals surface area contributed by atoms with E-state index >= 15 is 0 Å². The van der Waals surface area contributed by atoms with Gasteiger partial charge in [0.15, 0.2) is 0 Å². The molecule has 2 rings (SSSR count). The molecule has 2 aliphatic rings. The van der Waals surface area contributed by atoms with Crippen molar-refractivity contribution >= 4 is 36.3 Å². The number of nitrogens with one attached hydrogen (secondary N) is 3. The van der Waals surface area contributed by atoms with Gasteiger partial charge in [-0.25, -0.2) is 4.79 Å². The number of rotatable bonds is 7. The van der Waals surface area contributed by atoms with E-state index in [4.69, 9.17) is 5.11 Å². The third-order valence-electron chi connectivity index (χ3n) is 4.46. The Morgan fingerprint density at radius 1 is 1.24 bits per heavy atom. The second-order valence-corrected chi connectivity index (χ2v) is 6.56. The van der Waals surface area contributed by atoms with E-state index in [0.29, 0.717) is 19.4 Å². The number of aliphatic carboxylic acids is 1. The monoisotopic (exact) mass is 372 g/mol. The van der Waals surface area contributed by atoms with E-state index in [-0.39, 0.29) is 24.2 Å². The zero-order valence-corrected chi connectivity index (χ0v) is 14.8. The average Bonchev–Trinajstić information content (AvgIpc) is 3.28. The number of carbonyl (C=O) groups excluding carboxylic acids is 3. The molecule has 2 aliphatic heterocycles. The molecule has 0 aromatic heterocycles. The summed E-state index contributed by atoms with van der Waals surface area (Å²) in [5.41, 5.74) is 0. The topological polar surface area (TPSA) is 128 Å². The van der Waals surface area contributed by atoms with Crippen LogP contribution in [0.25, 0.3) is 0 Å². The maximum Gasteiger partial charge on any atom is 0.326 e. The minimum Gasteiger partial charge on any atom is -0.480 e. The van der Waals surface area contributed by atoms with Crippen molar-refractivity contribution in [2.24, 2.45) is 0 Å². The molecule has 3 atom stereocenters. The highest BCUT2D eigenvalue weighted by atomic mass is 32.1. The number of carbonyl (C=O) groups is 4. The lowest BCUT2D eigenvalue weighted by Crippen LogP contribution is -2.54. The second-order valence-electron chi connectivity index (χ2n) is 6.19. The minimum absolute atomic E-state index is 0.0972. The van der Waals surface area contributed by atoms with E-state index < -0.39 is 29.9 Å². The summed E-state index contributed by atoms with van der Waals surface area (Å²) in [6.07, 6.45) is 2.67. The lowest BCUT2D eigenvalue weighted by atomic mass is 10.2. The Kier molecular flexibility index (Phi) is 7.06. The molecule has 2 fully saturated rings. The lowest BCUT2D eigenvalue weighted by molar-refractivity contribution is -0.148. The summed E-state index contributed by atoms with van der Waals surface area (Å²) >= 11 is 4.08. The fourth-order valence-corrected chi connectivity index (χ4v) is 3.34. The number of hydrogen-bond acceptors (Lipinski definition) is 6. The molecule has 25 heavy (non-hydrogen) atoms. The van der Waals surface area contributed by atoms with Crippen LogP contribution in [0.3, 0.4) is 0 Å². The first-order valence-corrected chi connectivity index (χ1v) is 9.02. The van der Waals surface area contributed by atoms with Gasteiger partial charge in [-0.3, -0.25) is 14.4 Å². The number of carboxylic acid groups (broad SMARTS) is 1. The van der Waals surface area contributed by atoms with Crippen molar-refractivity contribution in [2.45, 2.75) is 43.8 Å². The highest BCUT2D eigenvalue weighted by molar-refractivity contribution is 7.80. The number of hydrogen-bond donors (Lipinski definition) is 5. The van der Waals surface area contributed by atoms with Crippen molar-refractivity contribution in [1.29, 1.82) is 0 Å². The van der Waals surface area contributed by atoms with Gasteiger partial charge >= 0.3 is 5.97 Å². The molecule has 0 aromatic rings. The standard InChI is InChI=1S/C15H24N4O5S/c20-12(19-6-2-4-11(19)15(23)24)7-17-13(21)10(8-25)18-14(22)9-3-1-5-16-9/h9-11,16,25H,1-8H2,(H,17,21)(H,18,22)(H,23,24)/t9-,10-,11-/m0/s1. The average molecular weight is 372 g/mol. The zero-order chi connectivity index (χ0) is 18.4. The van der Waals surface area contributed by atoms with Gasteiger partial charge in [0.05, 0.1) is 12.6 Å². The largest absolute Gasteiger partial charge is 0.480 e. The minimum atomic E-state index is -1.04. The van der Waals surface area contributed by atoms with E-state index in [1.54, 1.807) is 0 Å². The molecule has 0 saturated carbocycles. The third kappa shape index (κ3) is 5.08. The van der Waals surface area contributed by atoms with Gasteiger partial charge in [-0.05, 0) is 32.2 Å². The van der Waals surface area contributed by atoms with Crippen molar-refractivity contribution in [2.75, 3.05) is 25.4 Å². The van der Waals surface area contributed by atoms with Crippen molar-refractivity contribution in [3.63, 3.8) is 0 Å². The van der Waals surface area contributed by atoms with Crippen LogP contribution in [-0.2, 0) is 19.2 Å². The predicted octanol–water partition coefficient (Wildman–Crippen LogP) is -1.66. The van der Waals surface area contributed by atoms with Gasteiger partial charge < -0.3 is 26.0 Å². The molecule has 4 N–H and O–H groups in total. The molecule has 0 radical (unpaired) electrons. The van der Waals surface area contributed by atoms with E-state index in [0.717, 1.165) is 19.4 Å². The Morgan fingerprint density at radius 2 is 2.00 bits per heavy atom. The van der Waals surface area contributed by atoms with Crippen LogP contribution in [-0.4, -0.2) is 77.2 Å². The summed E-state index contributed by atoms with van der Waals surface area (Å²) in [5, 5.41) is 17.2. The Bertz CT molecular complexity index is 538. The highest BCUT2D eigenvalue weighted by Crippen LogP contribution is 2.17. The van der Waals surface area contributed by atoms with Crippen LogP contribution in [0.4, 0.5) is 0 Å². The quantitative estimate of drug-likeness (QED) is 0.341. The predicted molar refractivity (Wildman–Crippen MR) is 92.2 cm³/mol. The van der Waals surface area contributed by atoms with Gasteiger partial charge in [-0.15, -0.1) is 0 Å². The smallest absolute Gasteiger partial charge is 0.326 e. The Labute approximate surface area is 151 Å². The highest BCUT2D eigenvalue weighted by Gasteiger charge is 2.34. The molecule has 2 heterocycles. The van der Waals surface area contributed by atoms with Crippen LogP contribution in [0, 0.1) is 0 Å². The molecule has 0 bridgehead atoms. The normalized spacial score (nSPS) is 24.0. The lowest BCUT2D eigenvalue weighted by Gasteiger charge is -2.23. The fourth-order valence-electron chi connectivity index (χ4n) is 3.08. The van der Waals surface area contributed by atoms with E-state index in [1.165, 1.54) is 4.90 Å². The van der Waals surface area contributed by atoms with Gasteiger partial charge in [0.25, 0.3) is 0 Å². The molecule has 9 nitrogen and oxygen atoms in total. The van der Waals surface area contributed by atoms with Crippen molar-refractivity contribution in [1.82, 2.24) is 20.9 Å². The van der Waals surface area contributed by atoms with Crippen LogP contribution in [0.1, 0.15) is 25.7 Å². The number of likely N-dealkylation sites (tertiary alicyclic amines) is 1. The maximum atomic E-state index is 12.2. The van der Waals surface area contributed by atoms with Crippen molar-refractivity contribution in [3.05, 3.63) is 0 Å². The van der Waals surface area contributed by atoms with Crippen LogP contribution >= 0.6 is 12.6 Å². The van der Waals surface area contributed by atoms with E-state index in [1.807, 2.05) is 0 Å². The molecule has 140 valence electrons. The van der Waals surface area contributed by atoms with Crippen LogP contribution < -0.4 is 16.0 Å². The number of amides is 3. The maximum absolute atomic E-state index is 12.2. The number of nitrogens with zero attached hydrogens (tertiary/aromatic N) is 1. The van der Waals surface area contributed by atoms with Crippen molar-refractivity contribution in [3.8, 4) is 0 Å². The number of thiol groups is 1. The number of carboxylic acids is 1. The summed E-state index contributed by atoms with van der Waals surface area (Å²) in [7, 11) is 0. The van der Waals surface area contributed by atoms with E-state index in [9.17, 15) is 19.2 Å². The Balaban J connectivity index is 1.81. The van der Waals surface area contributed by atoms with Crippen LogP contribution in [0.2, 0.25) is 0 Å². The zero-order valence-electron chi connectivity index (χ0n) is 13.9. The summed E-state index contributed by atoms with van der Waals surface area (Å²) in [5.74, 6) is -2.16. The molecule has 0 unspecified atom stereocenters. The van der Waals surface area contributed by atoms with Gasteiger partial charge in [0.1, 0.15) is 12.1 Å². The SMILES string of the molecule is O=C(N[C@@H](CS)C(=O)NCC(=O)N1CCC[C@H]1C(=O)O)[C@@H]1CCCN1. The first kappa shape index (κ1) is 19.5. The van der Waals surface area contributed by atoms with Crippen LogP contribution in [0.15, 0.2) is 0 Å². The van der Waals surface area contributed by atoms with Gasteiger partial charge in [-0.2, -0.15) is 12.6 Å². The summed E-state index contributed by atoms with van der Waals surface area (Å²) < 4.78 is 0. The van der Waals surface area contributed by atoms with Crippen LogP contribution in [0.5, 0.6) is 0 Å². The Hall–Kier alpha value is -1.81. The Morgan fingerprint density at radius 3 is 2.60 bits per heavy atom. The molecule has 2 saturated heterocycles. The molecule has 10 heteroatoms. The molecule has 0 aromatic carbocycles. The van der Waals surface area contributed by atoms with Gasteiger partial charge in [0, 0.05) is 12.3 Å². The first-order chi connectivity index (χ1) is 11.9. The second kappa shape index (κ2) is 9.04. The molecule has 3 amide bonds. The molecule has 0 aliphatic carbocycles. The summed E-state index contributed by atoms with van der Waals surface area (Å²) in [4.78, 5) is 48.7. The molecule has 0 spiro atoms.